The molecule has 0 aliphatic heterocycles. The van der Waals surface area contributed by atoms with Gasteiger partial charge in [-0.1, -0.05) is 6.92 Å². The molecule has 0 unspecified atom stereocenters. The molecular weight excluding hydrogens is 220 g/mol. The molecule has 1 aromatic carbocycles. The summed E-state index contributed by atoms with van der Waals surface area (Å²) in [4.78, 5) is 4.56. The topological polar surface area (TPSA) is 27.1 Å². The van der Waals surface area contributed by atoms with Gasteiger partial charge in [-0.3, -0.25) is 0 Å². The molecule has 0 radical (unpaired) electrons. The molecule has 0 fully saturated rings. The number of thiol groups is 1. The molecule has 0 bridgehead atoms. The molecule has 2 rings (SSSR count). The molecule has 0 saturated carbocycles. The van der Waals surface area contributed by atoms with E-state index in [0.29, 0.717) is 5.75 Å². The number of hydrogen-bond donors (Lipinski definition) is 1. The van der Waals surface area contributed by atoms with Crippen molar-refractivity contribution in [3.63, 3.8) is 0 Å². The Hall–Kier alpha value is -1.16. The highest BCUT2D eigenvalue weighted by atomic mass is 32.1. The molecule has 16 heavy (non-hydrogen) atoms. The number of ether oxygens (including phenoxy) is 1. The molecule has 1 heterocycles. The van der Waals surface area contributed by atoms with Crippen molar-refractivity contribution in [2.45, 2.75) is 25.6 Å². The van der Waals surface area contributed by atoms with Gasteiger partial charge in [-0.15, -0.1) is 0 Å². The van der Waals surface area contributed by atoms with Crippen LogP contribution in [0.15, 0.2) is 18.2 Å². The van der Waals surface area contributed by atoms with Gasteiger partial charge in [0.2, 0.25) is 0 Å². The summed E-state index contributed by atoms with van der Waals surface area (Å²) in [5, 5.41) is 0. The minimum atomic E-state index is 0.664. The highest BCUT2D eigenvalue weighted by molar-refractivity contribution is 7.79. The Kier molecular flexibility index (Phi) is 3.39. The minimum absolute atomic E-state index is 0.664. The van der Waals surface area contributed by atoms with Crippen LogP contribution < -0.4 is 4.74 Å². The second-order valence-corrected chi connectivity index (χ2v) is 4.01. The van der Waals surface area contributed by atoms with E-state index in [1.165, 1.54) is 0 Å². The lowest BCUT2D eigenvalue weighted by Gasteiger charge is -2.05. The summed E-state index contributed by atoms with van der Waals surface area (Å²) in [5.41, 5.74) is 2.14. The molecule has 2 aromatic rings. The van der Waals surface area contributed by atoms with E-state index in [2.05, 4.69) is 35.2 Å². The highest BCUT2D eigenvalue weighted by Crippen LogP contribution is 2.22. The molecule has 0 atom stereocenters. The zero-order valence-electron chi connectivity index (χ0n) is 9.60. The van der Waals surface area contributed by atoms with Crippen LogP contribution in [0.3, 0.4) is 0 Å². The molecule has 3 nitrogen and oxygen atoms in total. The lowest BCUT2D eigenvalue weighted by atomic mass is 10.3. The maximum Gasteiger partial charge on any atom is 0.121 e. The van der Waals surface area contributed by atoms with E-state index in [-0.39, 0.29) is 0 Å². The zero-order chi connectivity index (χ0) is 11.5. The van der Waals surface area contributed by atoms with E-state index < -0.39 is 0 Å². The number of imidazole rings is 1. The van der Waals surface area contributed by atoms with Crippen molar-refractivity contribution in [3.8, 4) is 5.75 Å². The van der Waals surface area contributed by atoms with Gasteiger partial charge in [-0.25, -0.2) is 4.98 Å². The van der Waals surface area contributed by atoms with Gasteiger partial charge in [0.05, 0.1) is 18.1 Å². The third-order valence-corrected chi connectivity index (χ3v) is 2.91. The Morgan fingerprint density at radius 2 is 2.25 bits per heavy atom. The Balaban J connectivity index is 2.58. The smallest absolute Gasteiger partial charge is 0.121 e. The fourth-order valence-electron chi connectivity index (χ4n) is 1.88. The van der Waals surface area contributed by atoms with Gasteiger partial charge in [0.1, 0.15) is 11.6 Å². The summed E-state index contributed by atoms with van der Waals surface area (Å²) in [7, 11) is 1.67. The fourth-order valence-corrected chi connectivity index (χ4v) is 2.12. The quantitative estimate of drug-likeness (QED) is 0.826. The normalized spacial score (nSPS) is 10.9. The number of aryl methyl sites for hydroxylation is 1. The van der Waals surface area contributed by atoms with Gasteiger partial charge in [0, 0.05) is 18.4 Å². The molecule has 0 saturated heterocycles. The molecule has 0 aliphatic carbocycles. The number of aromatic nitrogens is 2. The molecular formula is C12H16N2OS. The van der Waals surface area contributed by atoms with Crippen LogP contribution in [0.5, 0.6) is 5.75 Å². The van der Waals surface area contributed by atoms with Gasteiger partial charge in [-0.05, 0) is 18.6 Å². The van der Waals surface area contributed by atoms with Crippen LogP contribution in [0.25, 0.3) is 11.0 Å². The Morgan fingerprint density at radius 1 is 1.44 bits per heavy atom. The van der Waals surface area contributed by atoms with Crippen LogP contribution in [0.4, 0.5) is 0 Å². The van der Waals surface area contributed by atoms with E-state index in [1.54, 1.807) is 7.11 Å². The van der Waals surface area contributed by atoms with E-state index >= 15 is 0 Å². The van der Waals surface area contributed by atoms with Crippen molar-refractivity contribution in [2.24, 2.45) is 0 Å². The average molecular weight is 236 g/mol. The number of rotatable bonds is 4. The van der Waals surface area contributed by atoms with Crippen molar-refractivity contribution in [1.29, 1.82) is 0 Å². The Bertz CT molecular complexity index is 493. The number of hydrogen-bond acceptors (Lipinski definition) is 3. The number of fused-ring (bicyclic) bond motifs is 1. The van der Waals surface area contributed by atoms with Gasteiger partial charge in [0.25, 0.3) is 0 Å². The third-order valence-electron chi connectivity index (χ3n) is 2.62. The van der Waals surface area contributed by atoms with Crippen molar-refractivity contribution in [3.05, 3.63) is 24.0 Å². The monoisotopic (exact) mass is 236 g/mol. The second kappa shape index (κ2) is 4.78. The largest absolute Gasteiger partial charge is 0.497 e. The first kappa shape index (κ1) is 11.3. The Labute approximate surface area is 101 Å². The Morgan fingerprint density at radius 3 is 2.88 bits per heavy atom. The lowest BCUT2D eigenvalue weighted by Crippen LogP contribution is -2.01. The maximum absolute atomic E-state index is 5.20. The lowest BCUT2D eigenvalue weighted by molar-refractivity contribution is 0.415. The van der Waals surface area contributed by atoms with E-state index in [1.807, 2.05) is 12.1 Å². The first-order valence-corrected chi connectivity index (χ1v) is 6.07. The zero-order valence-corrected chi connectivity index (χ0v) is 10.5. The van der Waals surface area contributed by atoms with Crippen LogP contribution in [-0.2, 0) is 12.3 Å². The number of nitrogens with zero attached hydrogens (tertiary/aromatic N) is 2. The van der Waals surface area contributed by atoms with Crippen LogP contribution in [0.1, 0.15) is 19.2 Å². The third kappa shape index (κ3) is 1.89. The molecule has 0 amide bonds. The number of benzene rings is 1. The summed E-state index contributed by atoms with van der Waals surface area (Å²) in [6.07, 6.45) is 1.10. The molecule has 0 N–H and O–H groups in total. The van der Waals surface area contributed by atoms with Gasteiger partial charge < -0.3 is 9.30 Å². The van der Waals surface area contributed by atoms with Crippen LogP contribution in [0, 0.1) is 0 Å². The van der Waals surface area contributed by atoms with Crippen LogP contribution in [0.2, 0.25) is 0 Å². The molecule has 0 spiro atoms. The maximum atomic E-state index is 5.20. The summed E-state index contributed by atoms with van der Waals surface area (Å²) >= 11 is 4.32. The summed E-state index contributed by atoms with van der Waals surface area (Å²) < 4.78 is 7.42. The predicted molar refractivity (Wildman–Crippen MR) is 69.3 cm³/mol. The van der Waals surface area contributed by atoms with Crippen molar-refractivity contribution in [1.82, 2.24) is 9.55 Å². The molecule has 0 aliphatic rings. The average Bonchev–Trinajstić information content (AvgIpc) is 2.67. The van der Waals surface area contributed by atoms with E-state index in [9.17, 15) is 0 Å². The number of methoxy groups -OCH3 is 1. The molecule has 86 valence electrons. The molecule has 1 aromatic heterocycles. The van der Waals surface area contributed by atoms with E-state index in [4.69, 9.17) is 4.74 Å². The van der Waals surface area contributed by atoms with Gasteiger partial charge >= 0.3 is 0 Å². The predicted octanol–water partition coefficient (Wildman–Crippen LogP) is 2.88. The van der Waals surface area contributed by atoms with Gasteiger partial charge in [-0.2, -0.15) is 12.6 Å². The van der Waals surface area contributed by atoms with Crippen LogP contribution in [-0.4, -0.2) is 16.7 Å². The molecule has 4 heteroatoms. The fraction of sp³-hybridized carbons (Fsp3) is 0.417. The standard InChI is InChI=1S/C12H16N2OS/c1-3-6-14-11-5-4-9(15-2)7-10(11)13-12(14)8-16/h4-5,7,16H,3,6,8H2,1-2H3. The summed E-state index contributed by atoms with van der Waals surface area (Å²) in [6, 6.07) is 6.00. The summed E-state index contributed by atoms with van der Waals surface area (Å²) in [5.74, 6) is 2.53. The van der Waals surface area contributed by atoms with Crippen LogP contribution >= 0.6 is 12.6 Å². The second-order valence-electron chi connectivity index (χ2n) is 3.69. The van der Waals surface area contributed by atoms with Crippen molar-refractivity contribution >= 4 is 23.7 Å². The van der Waals surface area contributed by atoms with E-state index in [0.717, 1.165) is 35.6 Å². The first-order chi connectivity index (χ1) is 7.80. The van der Waals surface area contributed by atoms with Crippen molar-refractivity contribution in [2.75, 3.05) is 7.11 Å². The van der Waals surface area contributed by atoms with Gasteiger partial charge in [0.15, 0.2) is 0 Å². The first-order valence-electron chi connectivity index (χ1n) is 5.44. The minimum Gasteiger partial charge on any atom is -0.497 e. The highest BCUT2D eigenvalue weighted by Gasteiger charge is 2.09. The SMILES string of the molecule is CCCn1c(CS)nc2cc(OC)ccc21. The van der Waals surface area contributed by atoms with Crippen molar-refractivity contribution < 1.29 is 4.74 Å². The summed E-state index contributed by atoms with van der Waals surface area (Å²) in [6.45, 7) is 3.15.